The van der Waals surface area contributed by atoms with Crippen molar-refractivity contribution in [2.24, 2.45) is 5.73 Å². The van der Waals surface area contributed by atoms with E-state index in [-0.39, 0.29) is 16.9 Å². The maximum absolute atomic E-state index is 13.5. The van der Waals surface area contributed by atoms with Crippen LogP contribution in [-0.4, -0.2) is 11.8 Å². The Balaban J connectivity index is 2.89. The number of hydrazine groups is 1. The predicted octanol–water partition coefficient (Wildman–Crippen LogP) is 1.17. The van der Waals surface area contributed by atoms with Crippen LogP contribution in [0, 0.1) is 5.82 Å². The molecular formula is C11H12FN3O2. The summed E-state index contributed by atoms with van der Waals surface area (Å²) in [5.41, 5.74) is 9.65. The molecule has 0 spiro atoms. The lowest BCUT2D eigenvalue weighted by atomic mass is 10.0. The molecule has 1 aromatic carbocycles. The Kier molecular flexibility index (Phi) is 4.21. The van der Waals surface area contributed by atoms with Crippen molar-refractivity contribution in [3.05, 3.63) is 41.3 Å². The molecule has 0 aliphatic rings. The standard InChI is InChI=1S/C11H12FN3O2/c1-7(16)8-3-2-4-10(12)9(8)5-6-14-15-11(13)17/h2-6,14H,1H3,(H3,13,15,17)/b6-5+. The number of halogens is 1. The van der Waals surface area contributed by atoms with Gasteiger partial charge in [-0.15, -0.1) is 0 Å². The number of hydrogen-bond acceptors (Lipinski definition) is 3. The van der Waals surface area contributed by atoms with E-state index in [4.69, 9.17) is 5.73 Å². The molecular weight excluding hydrogens is 225 g/mol. The number of primary amides is 1. The van der Waals surface area contributed by atoms with Gasteiger partial charge in [0, 0.05) is 17.3 Å². The van der Waals surface area contributed by atoms with E-state index in [0.29, 0.717) is 0 Å². The van der Waals surface area contributed by atoms with Crippen LogP contribution >= 0.6 is 0 Å². The van der Waals surface area contributed by atoms with Crippen molar-refractivity contribution in [3.63, 3.8) is 0 Å². The highest BCUT2D eigenvalue weighted by molar-refractivity contribution is 5.97. The molecule has 1 rings (SSSR count). The third-order valence-corrected chi connectivity index (χ3v) is 1.96. The molecule has 5 nitrogen and oxygen atoms in total. The number of Topliss-reactive ketones (excluding diaryl/α,β-unsaturated/α-hetero) is 1. The molecule has 0 aliphatic heterocycles. The third kappa shape index (κ3) is 3.60. The number of nitrogens with two attached hydrogens (primary N) is 1. The monoisotopic (exact) mass is 237 g/mol. The van der Waals surface area contributed by atoms with Gasteiger partial charge in [0.2, 0.25) is 0 Å². The molecule has 0 heterocycles. The van der Waals surface area contributed by atoms with Gasteiger partial charge < -0.3 is 11.2 Å². The Labute approximate surface area is 97.5 Å². The van der Waals surface area contributed by atoms with Crippen LogP contribution in [0.25, 0.3) is 6.08 Å². The quantitative estimate of drug-likeness (QED) is 0.543. The van der Waals surface area contributed by atoms with Crippen molar-refractivity contribution in [3.8, 4) is 0 Å². The minimum atomic E-state index is -0.769. The first-order valence-electron chi connectivity index (χ1n) is 4.79. The first-order chi connectivity index (χ1) is 8.02. The number of ketones is 1. The SMILES string of the molecule is CC(=O)c1cccc(F)c1/C=C/NNC(N)=O. The largest absolute Gasteiger partial charge is 0.350 e. The fraction of sp³-hybridized carbons (Fsp3) is 0.0909. The summed E-state index contributed by atoms with van der Waals surface area (Å²) in [5, 5.41) is 0. The minimum absolute atomic E-state index is 0.152. The molecule has 4 N–H and O–H groups in total. The van der Waals surface area contributed by atoms with Gasteiger partial charge in [-0.3, -0.25) is 10.2 Å². The van der Waals surface area contributed by atoms with Crippen LogP contribution in [-0.2, 0) is 0 Å². The lowest BCUT2D eigenvalue weighted by molar-refractivity contribution is 0.101. The Bertz CT molecular complexity index is 472. The lowest BCUT2D eigenvalue weighted by Crippen LogP contribution is -2.37. The number of rotatable bonds is 4. The maximum Gasteiger partial charge on any atom is 0.330 e. The molecule has 17 heavy (non-hydrogen) atoms. The molecule has 0 saturated heterocycles. The number of amides is 2. The Morgan fingerprint density at radius 2 is 2.12 bits per heavy atom. The van der Waals surface area contributed by atoms with E-state index in [2.05, 4.69) is 10.9 Å². The van der Waals surface area contributed by atoms with Gasteiger partial charge in [0.25, 0.3) is 0 Å². The normalized spacial score (nSPS) is 10.2. The number of carbonyl (C=O) groups excluding carboxylic acids is 2. The number of nitrogens with one attached hydrogen (secondary N) is 2. The fourth-order valence-electron chi connectivity index (χ4n) is 1.25. The van der Waals surface area contributed by atoms with Crippen LogP contribution < -0.4 is 16.6 Å². The summed E-state index contributed by atoms with van der Waals surface area (Å²) in [6.45, 7) is 1.35. The molecule has 2 amide bonds. The van der Waals surface area contributed by atoms with Crippen molar-refractivity contribution in [1.82, 2.24) is 10.9 Å². The summed E-state index contributed by atoms with van der Waals surface area (Å²) in [4.78, 5) is 21.6. The zero-order chi connectivity index (χ0) is 12.8. The topological polar surface area (TPSA) is 84.2 Å². The molecule has 0 aromatic heterocycles. The molecule has 0 radical (unpaired) electrons. The van der Waals surface area contributed by atoms with Gasteiger partial charge >= 0.3 is 6.03 Å². The van der Waals surface area contributed by atoms with Gasteiger partial charge in [-0.2, -0.15) is 0 Å². The van der Waals surface area contributed by atoms with Gasteiger partial charge in [0.15, 0.2) is 5.78 Å². The zero-order valence-electron chi connectivity index (χ0n) is 9.16. The second-order valence-corrected chi connectivity index (χ2v) is 3.22. The molecule has 6 heteroatoms. The maximum atomic E-state index is 13.5. The Hall–Kier alpha value is -2.37. The first-order valence-corrected chi connectivity index (χ1v) is 4.79. The predicted molar refractivity (Wildman–Crippen MR) is 61.3 cm³/mol. The van der Waals surface area contributed by atoms with Crippen LogP contribution in [0.5, 0.6) is 0 Å². The number of carbonyl (C=O) groups is 2. The van der Waals surface area contributed by atoms with Gasteiger partial charge in [-0.05, 0) is 19.1 Å². The summed E-state index contributed by atoms with van der Waals surface area (Å²) < 4.78 is 13.5. The van der Waals surface area contributed by atoms with E-state index >= 15 is 0 Å². The van der Waals surface area contributed by atoms with Gasteiger partial charge in [-0.1, -0.05) is 12.1 Å². The molecule has 0 fully saturated rings. The second-order valence-electron chi connectivity index (χ2n) is 3.22. The number of hydrogen-bond donors (Lipinski definition) is 3. The average Bonchev–Trinajstić information content (AvgIpc) is 2.25. The highest BCUT2D eigenvalue weighted by atomic mass is 19.1. The van der Waals surface area contributed by atoms with E-state index in [1.165, 1.54) is 37.4 Å². The summed E-state index contributed by atoms with van der Waals surface area (Å²) >= 11 is 0. The van der Waals surface area contributed by atoms with Crippen molar-refractivity contribution < 1.29 is 14.0 Å². The van der Waals surface area contributed by atoms with Crippen LogP contribution in [0.3, 0.4) is 0 Å². The molecule has 0 saturated carbocycles. The molecule has 1 aromatic rings. The van der Waals surface area contributed by atoms with Crippen molar-refractivity contribution in [1.29, 1.82) is 0 Å². The van der Waals surface area contributed by atoms with Crippen LogP contribution in [0.15, 0.2) is 24.4 Å². The molecule has 90 valence electrons. The van der Waals surface area contributed by atoms with E-state index in [9.17, 15) is 14.0 Å². The number of urea groups is 1. The van der Waals surface area contributed by atoms with Crippen LogP contribution in [0.4, 0.5) is 9.18 Å². The Morgan fingerprint density at radius 3 is 2.71 bits per heavy atom. The van der Waals surface area contributed by atoms with Gasteiger partial charge in [0.1, 0.15) is 5.82 Å². The zero-order valence-corrected chi connectivity index (χ0v) is 9.16. The minimum Gasteiger partial charge on any atom is -0.350 e. The molecule has 0 bridgehead atoms. The third-order valence-electron chi connectivity index (χ3n) is 1.96. The van der Waals surface area contributed by atoms with Crippen LogP contribution in [0.1, 0.15) is 22.8 Å². The second kappa shape index (κ2) is 5.64. The summed E-state index contributed by atoms with van der Waals surface area (Å²) in [5.74, 6) is -0.762. The molecule has 0 atom stereocenters. The van der Waals surface area contributed by atoms with Crippen molar-refractivity contribution >= 4 is 17.9 Å². The van der Waals surface area contributed by atoms with Crippen molar-refractivity contribution in [2.75, 3.05) is 0 Å². The highest BCUT2D eigenvalue weighted by Gasteiger charge is 2.08. The van der Waals surface area contributed by atoms with Crippen molar-refractivity contribution in [2.45, 2.75) is 6.92 Å². The van der Waals surface area contributed by atoms with Gasteiger partial charge in [0.05, 0.1) is 0 Å². The highest BCUT2D eigenvalue weighted by Crippen LogP contribution is 2.15. The molecule has 0 aliphatic carbocycles. The first kappa shape index (κ1) is 12.7. The van der Waals surface area contributed by atoms with E-state index < -0.39 is 11.8 Å². The number of benzene rings is 1. The van der Waals surface area contributed by atoms with Gasteiger partial charge in [-0.25, -0.2) is 9.18 Å². The summed E-state index contributed by atoms with van der Waals surface area (Å²) in [7, 11) is 0. The molecule has 0 unspecified atom stereocenters. The van der Waals surface area contributed by atoms with Crippen LogP contribution in [0.2, 0.25) is 0 Å². The van der Waals surface area contributed by atoms with E-state index in [1.54, 1.807) is 0 Å². The Morgan fingerprint density at radius 1 is 1.41 bits per heavy atom. The smallest absolute Gasteiger partial charge is 0.330 e. The average molecular weight is 237 g/mol. The fourth-order valence-corrected chi connectivity index (χ4v) is 1.25. The lowest BCUT2D eigenvalue weighted by Gasteiger charge is -2.04. The van der Waals surface area contributed by atoms with E-state index in [1.807, 2.05) is 0 Å². The summed E-state index contributed by atoms with van der Waals surface area (Å²) in [6.07, 6.45) is 2.61. The summed E-state index contributed by atoms with van der Waals surface area (Å²) in [6, 6.07) is 3.45. The van der Waals surface area contributed by atoms with E-state index in [0.717, 1.165) is 0 Å².